The van der Waals surface area contributed by atoms with Crippen molar-refractivity contribution in [3.05, 3.63) is 89.5 Å². The summed E-state index contributed by atoms with van der Waals surface area (Å²) in [7, 11) is 0. The molecule has 33 heavy (non-hydrogen) atoms. The first-order chi connectivity index (χ1) is 16.0. The van der Waals surface area contributed by atoms with Crippen LogP contribution in [-0.2, 0) is 9.53 Å². The van der Waals surface area contributed by atoms with Gasteiger partial charge in [-0.3, -0.25) is 14.9 Å². The van der Waals surface area contributed by atoms with Crippen molar-refractivity contribution in [3.8, 4) is 11.1 Å². The number of ether oxygens (including phenoxy) is 1. The largest absolute Gasteiger partial charge is 0.480 e. The fourth-order valence-corrected chi connectivity index (χ4v) is 4.18. The van der Waals surface area contributed by atoms with E-state index in [0.29, 0.717) is 0 Å². The maximum Gasteiger partial charge on any atom is 0.411 e. The molecule has 0 radical (unpaired) electrons. The Labute approximate surface area is 191 Å². The van der Waals surface area contributed by atoms with Crippen LogP contribution in [0.15, 0.2) is 72.8 Å². The number of rotatable bonds is 7. The third kappa shape index (κ3) is 4.57. The van der Waals surface area contributed by atoms with Gasteiger partial charge in [0.2, 0.25) is 0 Å². The standard InChI is InChI=1S/C26H24N2O5/c1-2-28(15-24(29)30)25(31)21-13-7-8-14-23(21)27-26(32)33-16-22-19-11-5-3-9-17(19)18-10-4-6-12-20(18)22/h3-14,22H,2,15-16H2,1H3,(H,27,32)(H,29,30). The lowest BCUT2D eigenvalue weighted by Crippen LogP contribution is -2.36. The lowest BCUT2D eigenvalue weighted by molar-refractivity contribution is -0.137. The van der Waals surface area contributed by atoms with Crippen molar-refractivity contribution < 1.29 is 24.2 Å². The van der Waals surface area contributed by atoms with Crippen molar-refractivity contribution in [2.45, 2.75) is 12.8 Å². The average molecular weight is 444 g/mol. The van der Waals surface area contributed by atoms with Crippen molar-refractivity contribution in [1.29, 1.82) is 0 Å². The fourth-order valence-electron chi connectivity index (χ4n) is 4.18. The number of anilines is 1. The summed E-state index contributed by atoms with van der Waals surface area (Å²) in [5, 5.41) is 11.7. The molecule has 2 amide bonds. The number of nitrogens with zero attached hydrogens (tertiary/aromatic N) is 1. The molecule has 4 rings (SSSR count). The number of fused-ring (bicyclic) bond motifs is 3. The third-order valence-corrected chi connectivity index (χ3v) is 5.73. The number of carboxylic acids is 1. The molecule has 0 aromatic heterocycles. The lowest BCUT2D eigenvalue weighted by atomic mass is 9.98. The number of carbonyl (C=O) groups is 3. The Hall–Kier alpha value is -4.13. The minimum atomic E-state index is -1.10. The number of benzene rings is 3. The molecule has 7 heteroatoms. The van der Waals surface area contributed by atoms with Crippen LogP contribution in [0.1, 0.15) is 34.3 Å². The Balaban J connectivity index is 1.48. The maximum atomic E-state index is 12.8. The van der Waals surface area contributed by atoms with Crippen molar-refractivity contribution in [3.63, 3.8) is 0 Å². The Morgan fingerprint density at radius 1 is 0.909 bits per heavy atom. The van der Waals surface area contributed by atoms with E-state index in [9.17, 15) is 14.4 Å². The summed E-state index contributed by atoms with van der Waals surface area (Å²) in [6.45, 7) is 1.65. The van der Waals surface area contributed by atoms with E-state index in [1.54, 1.807) is 31.2 Å². The van der Waals surface area contributed by atoms with Crippen LogP contribution in [0.25, 0.3) is 11.1 Å². The van der Waals surface area contributed by atoms with Crippen LogP contribution in [0.2, 0.25) is 0 Å². The summed E-state index contributed by atoms with van der Waals surface area (Å²) >= 11 is 0. The van der Waals surface area contributed by atoms with Crippen molar-refractivity contribution in [1.82, 2.24) is 4.90 Å². The Morgan fingerprint density at radius 2 is 1.48 bits per heavy atom. The summed E-state index contributed by atoms with van der Waals surface area (Å²) in [6.07, 6.45) is -0.682. The first-order valence-corrected chi connectivity index (χ1v) is 10.7. The zero-order chi connectivity index (χ0) is 23.4. The first-order valence-electron chi connectivity index (χ1n) is 10.7. The molecule has 0 aliphatic heterocycles. The van der Waals surface area contributed by atoms with Gasteiger partial charge in [0.15, 0.2) is 0 Å². The topological polar surface area (TPSA) is 95.9 Å². The van der Waals surface area contributed by atoms with Gasteiger partial charge in [-0.15, -0.1) is 0 Å². The second-order valence-corrected chi connectivity index (χ2v) is 7.71. The Bertz CT molecular complexity index is 1160. The van der Waals surface area contributed by atoms with Crippen LogP contribution in [0.4, 0.5) is 10.5 Å². The summed E-state index contributed by atoms with van der Waals surface area (Å²) in [4.78, 5) is 37.7. The molecule has 0 fully saturated rings. The third-order valence-electron chi connectivity index (χ3n) is 5.73. The molecular formula is C26H24N2O5. The summed E-state index contributed by atoms with van der Waals surface area (Å²) in [5.74, 6) is -1.66. The average Bonchev–Trinajstić information content (AvgIpc) is 3.15. The molecule has 168 valence electrons. The van der Waals surface area contributed by atoms with E-state index >= 15 is 0 Å². The van der Waals surface area contributed by atoms with E-state index in [4.69, 9.17) is 9.84 Å². The molecule has 0 spiro atoms. The highest BCUT2D eigenvalue weighted by Gasteiger charge is 2.29. The van der Waals surface area contributed by atoms with E-state index in [-0.39, 0.29) is 30.3 Å². The van der Waals surface area contributed by atoms with Gasteiger partial charge >= 0.3 is 12.1 Å². The van der Waals surface area contributed by atoms with Crippen molar-refractivity contribution in [2.75, 3.05) is 25.0 Å². The number of nitrogens with one attached hydrogen (secondary N) is 1. The number of carboxylic acid groups (broad SMARTS) is 1. The van der Waals surface area contributed by atoms with E-state index < -0.39 is 24.5 Å². The Kier molecular flexibility index (Phi) is 6.40. The van der Waals surface area contributed by atoms with Crippen molar-refractivity contribution >= 4 is 23.7 Å². The fraction of sp³-hybridized carbons (Fsp3) is 0.192. The predicted octanol–water partition coefficient (Wildman–Crippen LogP) is 4.59. The molecule has 0 saturated carbocycles. The quantitative estimate of drug-likeness (QED) is 0.556. The molecule has 1 aliphatic carbocycles. The molecular weight excluding hydrogens is 420 g/mol. The van der Waals surface area contributed by atoms with Gasteiger partial charge in [0.25, 0.3) is 5.91 Å². The van der Waals surface area contributed by atoms with Crippen LogP contribution in [0, 0.1) is 0 Å². The summed E-state index contributed by atoms with van der Waals surface area (Å²) in [6, 6.07) is 22.6. The van der Waals surface area contributed by atoms with Crippen LogP contribution in [0.3, 0.4) is 0 Å². The zero-order valence-corrected chi connectivity index (χ0v) is 18.2. The molecule has 1 aliphatic rings. The van der Waals surface area contributed by atoms with Gasteiger partial charge in [-0.2, -0.15) is 0 Å². The van der Waals surface area contributed by atoms with Gasteiger partial charge in [-0.05, 0) is 41.3 Å². The number of hydrogen-bond donors (Lipinski definition) is 2. The van der Waals surface area contributed by atoms with Crippen LogP contribution < -0.4 is 5.32 Å². The molecule has 0 atom stereocenters. The van der Waals surface area contributed by atoms with Gasteiger partial charge in [0.05, 0.1) is 11.3 Å². The second-order valence-electron chi connectivity index (χ2n) is 7.71. The molecule has 2 N–H and O–H groups in total. The van der Waals surface area contributed by atoms with E-state index in [2.05, 4.69) is 17.4 Å². The van der Waals surface area contributed by atoms with Crippen LogP contribution >= 0.6 is 0 Å². The SMILES string of the molecule is CCN(CC(=O)O)C(=O)c1ccccc1NC(=O)OCC1c2ccccc2-c2ccccc21. The first kappa shape index (κ1) is 22.1. The molecule has 0 saturated heterocycles. The van der Waals surface area contributed by atoms with Gasteiger partial charge in [0, 0.05) is 12.5 Å². The van der Waals surface area contributed by atoms with Gasteiger partial charge in [0.1, 0.15) is 13.2 Å². The maximum absolute atomic E-state index is 12.8. The lowest BCUT2D eigenvalue weighted by Gasteiger charge is -2.20. The molecule has 3 aromatic rings. The molecule has 0 unspecified atom stereocenters. The smallest absolute Gasteiger partial charge is 0.411 e. The van der Waals surface area contributed by atoms with E-state index in [0.717, 1.165) is 22.3 Å². The highest BCUT2D eigenvalue weighted by Crippen LogP contribution is 2.44. The van der Waals surface area contributed by atoms with Gasteiger partial charge in [-0.1, -0.05) is 60.7 Å². The minimum absolute atomic E-state index is 0.0776. The minimum Gasteiger partial charge on any atom is -0.480 e. The number of para-hydroxylation sites is 1. The second kappa shape index (κ2) is 9.56. The Morgan fingerprint density at radius 3 is 2.09 bits per heavy atom. The number of amides is 2. The number of hydrogen-bond acceptors (Lipinski definition) is 4. The number of likely N-dealkylation sites (N-methyl/N-ethyl adjacent to an activating group) is 1. The monoisotopic (exact) mass is 444 g/mol. The van der Waals surface area contributed by atoms with Gasteiger partial charge < -0.3 is 14.7 Å². The molecule has 7 nitrogen and oxygen atoms in total. The molecule has 0 heterocycles. The number of carbonyl (C=O) groups excluding carboxylic acids is 2. The van der Waals surface area contributed by atoms with E-state index in [1.807, 2.05) is 36.4 Å². The normalized spacial score (nSPS) is 11.9. The highest BCUT2D eigenvalue weighted by atomic mass is 16.5. The highest BCUT2D eigenvalue weighted by molar-refractivity contribution is 6.03. The predicted molar refractivity (Wildman–Crippen MR) is 124 cm³/mol. The van der Waals surface area contributed by atoms with Gasteiger partial charge in [-0.25, -0.2) is 4.79 Å². The molecule has 0 bridgehead atoms. The van der Waals surface area contributed by atoms with Crippen molar-refractivity contribution in [2.24, 2.45) is 0 Å². The van der Waals surface area contributed by atoms with Crippen LogP contribution in [0.5, 0.6) is 0 Å². The summed E-state index contributed by atoms with van der Waals surface area (Å²) in [5.41, 5.74) is 4.95. The molecule has 3 aromatic carbocycles. The zero-order valence-electron chi connectivity index (χ0n) is 18.2. The summed E-state index contributed by atoms with van der Waals surface area (Å²) < 4.78 is 5.56. The number of aliphatic carboxylic acids is 1. The van der Waals surface area contributed by atoms with E-state index in [1.165, 1.54) is 4.90 Å². The van der Waals surface area contributed by atoms with Crippen LogP contribution in [-0.4, -0.2) is 47.7 Å².